The van der Waals surface area contributed by atoms with Crippen LogP contribution in [0.4, 0.5) is 4.39 Å². The fourth-order valence-electron chi connectivity index (χ4n) is 2.71. The van der Waals surface area contributed by atoms with Gasteiger partial charge in [0.05, 0.1) is 0 Å². The van der Waals surface area contributed by atoms with E-state index >= 15 is 0 Å². The summed E-state index contributed by atoms with van der Waals surface area (Å²) >= 11 is 0. The lowest BCUT2D eigenvalue weighted by atomic mass is 9.89. The van der Waals surface area contributed by atoms with Crippen LogP contribution in [-0.2, 0) is 6.54 Å². The van der Waals surface area contributed by atoms with Gasteiger partial charge in [-0.25, -0.2) is 4.39 Å². The van der Waals surface area contributed by atoms with E-state index in [0.29, 0.717) is 12.1 Å². The monoisotopic (exact) mass is 271 g/mol. The van der Waals surface area contributed by atoms with Crippen molar-refractivity contribution < 1.29 is 4.39 Å². The van der Waals surface area contributed by atoms with Crippen LogP contribution in [-0.4, -0.2) is 7.05 Å². The Labute approximate surface area is 120 Å². The summed E-state index contributed by atoms with van der Waals surface area (Å²) in [4.78, 5) is 0. The van der Waals surface area contributed by atoms with Gasteiger partial charge in [0.25, 0.3) is 0 Å². The Hall–Kier alpha value is -1.67. The highest BCUT2D eigenvalue weighted by atomic mass is 19.1. The largest absolute Gasteiger partial charge is 0.316 e. The Balaban J connectivity index is 2.65. The molecule has 0 bridgehead atoms. The summed E-state index contributed by atoms with van der Waals surface area (Å²) in [5.41, 5.74) is 8.15. The van der Waals surface area contributed by atoms with Gasteiger partial charge < -0.3 is 5.32 Å². The Morgan fingerprint density at radius 3 is 2.10 bits per heavy atom. The van der Waals surface area contributed by atoms with Gasteiger partial charge in [-0.05, 0) is 80.3 Å². The Bertz CT molecular complexity index is 618. The normalized spacial score (nSPS) is 10.9. The molecular formula is C18H22FN. The molecule has 0 unspecified atom stereocenters. The summed E-state index contributed by atoms with van der Waals surface area (Å²) in [5, 5.41) is 3.02. The number of hydrogen-bond acceptors (Lipinski definition) is 1. The summed E-state index contributed by atoms with van der Waals surface area (Å²) in [6, 6.07) is 7.62. The zero-order valence-electron chi connectivity index (χ0n) is 12.9. The second kappa shape index (κ2) is 5.76. The minimum absolute atomic E-state index is 0.150. The van der Waals surface area contributed by atoms with Crippen molar-refractivity contribution in [2.45, 2.75) is 34.2 Å². The van der Waals surface area contributed by atoms with E-state index in [1.165, 1.54) is 27.8 Å². The van der Waals surface area contributed by atoms with Crippen LogP contribution in [0.2, 0.25) is 0 Å². The average molecular weight is 271 g/mol. The van der Waals surface area contributed by atoms with Crippen molar-refractivity contribution in [2.24, 2.45) is 0 Å². The van der Waals surface area contributed by atoms with Crippen molar-refractivity contribution in [3.05, 3.63) is 57.9 Å². The highest BCUT2D eigenvalue weighted by Crippen LogP contribution is 2.32. The number of hydrogen-bond donors (Lipinski definition) is 1. The van der Waals surface area contributed by atoms with E-state index in [9.17, 15) is 4.39 Å². The van der Waals surface area contributed by atoms with Gasteiger partial charge in [0.1, 0.15) is 5.82 Å². The number of benzene rings is 2. The Morgan fingerprint density at radius 2 is 1.55 bits per heavy atom. The molecule has 106 valence electrons. The molecule has 2 aromatic carbocycles. The van der Waals surface area contributed by atoms with Crippen LogP contribution in [0.15, 0.2) is 24.3 Å². The lowest BCUT2D eigenvalue weighted by molar-refractivity contribution is 0.601. The van der Waals surface area contributed by atoms with Gasteiger partial charge in [-0.15, -0.1) is 0 Å². The SMILES string of the molecule is CNCc1cc(-c2c(C)c(C)cc(C)c2C)ccc1F. The molecule has 0 aromatic heterocycles. The highest BCUT2D eigenvalue weighted by Gasteiger charge is 2.12. The first-order chi connectivity index (χ1) is 9.45. The van der Waals surface area contributed by atoms with Crippen molar-refractivity contribution in [3.8, 4) is 11.1 Å². The van der Waals surface area contributed by atoms with E-state index in [0.717, 1.165) is 5.56 Å². The predicted molar refractivity (Wildman–Crippen MR) is 83.5 cm³/mol. The molecule has 2 heteroatoms. The maximum atomic E-state index is 13.8. The van der Waals surface area contributed by atoms with E-state index in [2.05, 4.69) is 39.1 Å². The zero-order valence-corrected chi connectivity index (χ0v) is 12.9. The first-order valence-corrected chi connectivity index (χ1v) is 6.96. The third-order valence-electron chi connectivity index (χ3n) is 4.07. The molecule has 2 rings (SSSR count). The number of rotatable bonds is 3. The predicted octanol–water partition coefficient (Wildman–Crippen LogP) is 4.45. The molecule has 0 aliphatic carbocycles. The van der Waals surface area contributed by atoms with E-state index in [4.69, 9.17) is 0 Å². The van der Waals surface area contributed by atoms with Crippen LogP contribution in [0.3, 0.4) is 0 Å². The molecule has 0 radical (unpaired) electrons. The lowest BCUT2D eigenvalue weighted by Gasteiger charge is -2.16. The molecule has 0 amide bonds. The highest BCUT2D eigenvalue weighted by molar-refractivity contribution is 5.73. The first kappa shape index (κ1) is 14.7. The van der Waals surface area contributed by atoms with Crippen LogP contribution < -0.4 is 5.32 Å². The van der Waals surface area contributed by atoms with Gasteiger partial charge in [0.2, 0.25) is 0 Å². The summed E-state index contributed by atoms with van der Waals surface area (Å²) in [6.07, 6.45) is 0. The van der Waals surface area contributed by atoms with Gasteiger partial charge in [-0.1, -0.05) is 12.1 Å². The zero-order chi connectivity index (χ0) is 14.9. The van der Waals surface area contributed by atoms with Crippen molar-refractivity contribution in [1.82, 2.24) is 5.32 Å². The third-order valence-corrected chi connectivity index (χ3v) is 4.07. The topological polar surface area (TPSA) is 12.0 Å². The standard InChI is InChI=1S/C18H22FN/c1-11-8-12(2)14(4)18(13(11)3)15-6-7-17(19)16(9-15)10-20-5/h6-9,20H,10H2,1-5H3. The van der Waals surface area contributed by atoms with E-state index in [1.54, 1.807) is 6.07 Å². The maximum absolute atomic E-state index is 13.8. The van der Waals surface area contributed by atoms with Crippen LogP contribution in [0.1, 0.15) is 27.8 Å². The molecule has 1 N–H and O–H groups in total. The fourth-order valence-corrected chi connectivity index (χ4v) is 2.71. The van der Waals surface area contributed by atoms with Gasteiger partial charge >= 0.3 is 0 Å². The Morgan fingerprint density at radius 1 is 0.950 bits per heavy atom. The lowest BCUT2D eigenvalue weighted by Crippen LogP contribution is -2.07. The van der Waals surface area contributed by atoms with Crippen molar-refractivity contribution in [2.75, 3.05) is 7.05 Å². The summed E-state index contributed by atoms with van der Waals surface area (Å²) in [6.45, 7) is 9.07. The first-order valence-electron chi connectivity index (χ1n) is 6.96. The molecular weight excluding hydrogens is 249 g/mol. The molecule has 0 saturated carbocycles. The maximum Gasteiger partial charge on any atom is 0.127 e. The number of nitrogens with one attached hydrogen (secondary N) is 1. The number of halogens is 1. The average Bonchev–Trinajstić information content (AvgIpc) is 2.40. The van der Waals surface area contributed by atoms with Gasteiger partial charge in [0.15, 0.2) is 0 Å². The van der Waals surface area contributed by atoms with Crippen molar-refractivity contribution in [3.63, 3.8) is 0 Å². The second-order valence-electron chi connectivity index (χ2n) is 5.47. The Kier molecular flexibility index (Phi) is 4.24. The van der Waals surface area contributed by atoms with E-state index < -0.39 is 0 Å². The van der Waals surface area contributed by atoms with Crippen LogP contribution in [0, 0.1) is 33.5 Å². The summed E-state index contributed by atoms with van der Waals surface area (Å²) < 4.78 is 13.8. The van der Waals surface area contributed by atoms with Gasteiger partial charge in [0, 0.05) is 12.1 Å². The number of aryl methyl sites for hydroxylation is 2. The molecule has 0 aliphatic heterocycles. The molecule has 0 saturated heterocycles. The molecule has 20 heavy (non-hydrogen) atoms. The molecule has 0 fully saturated rings. The summed E-state index contributed by atoms with van der Waals surface area (Å²) in [7, 11) is 1.83. The third kappa shape index (κ3) is 2.61. The van der Waals surface area contributed by atoms with Crippen molar-refractivity contribution in [1.29, 1.82) is 0 Å². The molecule has 0 heterocycles. The van der Waals surface area contributed by atoms with Crippen LogP contribution in [0.5, 0.6) is 0 Å². The van der Waals surface area contributed by atoms with Crippen LogP contribution >= 0.6 is 0 Å². The summed E-state index contributed by atoms with van der Waals surface area (Å²) in [5.74, 6) is -0.150. The molecule has 2 aromatic rings. The van der Waals surface area contributed by atoms with E-state index in [-0.39, 0.29) is 5.82 Å². The molecule has 0 atom stereocenters. The van der Waals surface area contributed by atoms with Crippen LogP contribution in [0.25, 0.3) is 11.1 Å². The smallest absolute Gasteiger partial charge is 0.127 e. The van der Waals surface area contributed by atoms with Gasteiger partial charge in [-0.3, -0.25) is 0 Å². The quantitative estimate of drug-likeness (QED) is 0.870. The second-order valence-corrected chi connectivity index (χ2v) is 5.47. The molecule has 0 aliphatic rings. The minimum Gasteiger partial charge on any atom is -0.316 e. The van der Waals surface area contributed by atoms with Crippen molar-refractivity contribution >= 4 is 0 Å². The molecule has 0 spiro atoms. The van der Waals surface area contributed by atoms with Gasteiger partial charge in [-0.2, -0.15) is 0 Å². The molecule has 1 nitrogen and oxygen atoms in total. The minimum atomic E-state index is -0.150. The van der Waals surface area contributed by atoms with E-state index in [1.807, 2.05) is 19.2 Å². The fraction of sp³-hybridized carbons (Fsp3) is 0.333.